The van der Waals surface area contributed by atoms with Crippen LogP contribution in [-0.2, 0) is 27.8 Å². The van der Waals surface area contributed by atoms with E-state index < -0.39 is 10.0 Å². The zero-order chi connectivity index (χ0) is 20.8. The highest BCUT2D eigenvalue weighted by atomic mass is 32.2. The predicted octanol–water partition coefficient (Wildman–Crippen LogP) is 2.08. The van der Waals surface area contributed by atoms with Crippen molar-refractivity contribution in [1.29, 1.82) is 0 Å². The van der Waals surface area contributed by atoms with Gasteiger partial charge in [-0.25, -0.2) is 4.98 Å². The first-order chi connectivity index (χ1) is 13.8. The van der Waals surface area contributed by atoms with Crippen molar-refractivity contribution >= 4 is 21.6 Å². The molecule has 0 unspecified atom stereocenters. The van der Waals surface area contributed by atoms with Gasteiger partial charge in [0, 0.05) is 45.5 Å². The number of aryl methyl sites for hydroxylation is 2. The molecule has 0 radical (unpaired) electrons. The molecule has 1 saturated heterocycles. The fourth-order valence-electron chi connectivity index (χ4n) is 4.46. The Morgan fingerprint density at radius 2 is 1.93 bits per heavy atom. The molecule has 0 bridgehead atoms. The summed E-state index contributed by atoms with van der Waals surface area (Å²) in [6.07, 6.45) is 7.57. The Hall–Kier alpha value is -2.42. The van der Waals surface area contributed by atoms with Crippen molar-refractivity contribution in [2.75, 3.05) is 23.9 Å². The number of sulfonamides is 1. The van der Waals surface area contributed by atoms with Crippen molar-refractivity contribution in [2.45, 2.75) is 57.5 Å². The quantitative estimate of drug-likeness (QED) is 0.760. The fraction of sp³-hybridized carbons (Fsp3) is 0.550. The van der Waals surface area contributed by atoms with Crippen LogP contribution in [0, 0.1) is 6.92 Å². The highest BCUT2D eigenvalue weighted by molar-refractivity contribution is 7.92. The van der Waals surface area contributed by atoms with Gasteiger partial charge in [-0.05, 0) is 50.2 Å². The molecule has 0 atom stereocenters. The molecule has 0 spiro atoms. The smallest absolute Gasteiger partial charge is 0.283 e. The van der Waals surface area contributed by atoms with Crippen LogP contribution in [0.2, 0.25) is 0 Å². The van der Waals surface area contributed by atoms with E-state index in [1.165, 1.54) is 4.31 Å². The van der Waals surface area contributed by atoms with Crippen molar-refractivity contribution in [1.82, 2.24) is 19.4 Å². The minimum atomic E-state index is -3.72. The minimum Gasteiger partial charge on any atom is -0.343 e. The van der Waals surface area contributed by atoms with Gasteiger partial charge in [0.1, 0.15) is 5.82 Å². The molecule has 4 heterocycles. The number of fused-ring (bicyclic) bond motifs is 1. The second-order valence-corrected chi connectivity index (χ2v) is 9.56. The molecule has 0 aliphatic carbocycles. The van der Waals surface area contributed by atoms with Gasteiger partial charge in [0.2, 0.25) is 5.91 Å². The lowest BCUT2D eigenvalue weighted by Crippen LogP contribution is -2.36. The van der Waals surface area contributed by atoms with E-state index in [1.54, 1.807) is 19.3 Å². The molecule has 2 aliphatic heterocycles. The number of hydrogen-bond acceptors (Lipinski definition) is 5. The van der Waals surface area contributed by atoms with Crippen LogP contribution >= 0.6 is 0 Å². The zero-order valence-electron chi connectivity index (χ0n) is 17.1. The standard InChI is InChI=1S/C20H27N5O3S/c1-4-23-13-20(22-14(23)2)29(27,28)25-10-7-17-18(11-21-12-19(17)25)16-5-8-24(9-6-16)15(3)26/h11-13,16H,4-10H2,1-3H3. The van der Waals surface area contributed by atoms with Crippen molar-refractivity contribution < 1.29 is 13.2 Å². The Morgan fingerprint density at radius 1 is 1.21 bits per heavy atom. The molecular weight excluding hydrogens is 390 g/mol. The number of pyridine rings is 1. The molecule has 29 heavy (non-hydrogen) atoms. The molecule has 4 rings (SSSR count). The summed E-state index contributed by atoms with van der Waals surface area (Å²) in [6, 6.07) is 0. The number of amides is 1. The molecule has 2 aliphatic rings. The Balaban J connectivity index is 1.63. The number of aromatic nitrogens is 3. The number of hydrogen-bond donors (Lipinski definition) is 0. The summed E-state index contributed by atoms with van der Waals surface area (Å²) in [7, 11) is -3.72. The Labute approximate surface area is 171 Å². The normalized spacial score (nSPS) is 17.6. The molecule has 1 amide bonds. The van der Waals surface area contributed by atoms with Gasteiger partial charge < -0.3 is 9.47 Å². The van der Waals surface area contributed by atoms with Crippen LogP contribution < -0.4 is 4.31 Å². The minimum absolute atomic E-state index is 0.0878. The van der Waals surface area contributed by atoms with Crippen molar-refractivity contribution in [2.24, 2.45) is 0 Å². The number of imidazole rings is 1. The molecule has 0 saturated carbocycles. The van der Waals surface area contributed by atoms with Crippen LogP contribution in [0.3, 0.4) is 0 Å². The fourth-order valence-corrected chi connectivity index (χ4v) is 5.94. The van der Waals surface area contributed by atoms with Crippen LogP contribution in [-0.4, -0.2) is 53.4 Å². The van der Waals surface area contributed by atoms with Gasteiger partial charge in [0.25, 0.3) is 10.0 Å². The SMILES string of the molecule is CCn1cc(S(=O)(=O)N2CCc3c(C4CCN(C(C)=O)CC4)cncc32)nc1C. The maximum absolute atomic E-state index is 13.3. The van der Waals surface area contributed by atoms with Crippen LogP contribution in [0.15, 0.2) is 23.6 Å². The first-order valence-corrected chi connectivity index (χ1v) is 11.6. The summed E-state index contributed by atoms with van der Waals surface area (Å²) in [6.45, 7) is 7.93. The maximum Gasteiger partial charge on any atom is 0.283 e. The number of piperidine rings is 1. The topological polar surface area (TPSA) is 88.4 Å². The number of likely N-dealkylation sites (tertiary alicyclic amines) is 1. The Morgan fingerprint density at radius 3 is 2.55 bits per heavy atom. The molecular formula is C20H27N5O3S. The number of carbonyl (C=O) groups is 1. The molecule has 8 nitrogen and oxygen atoms in total. The first kappa shape index (κ1) is 19.9. The Bertz CT molecular complexity index is 1040. The summed E-state index contributed by atoms with van der Waals surface area (Å²) in [5.74, 6) is 1.10. The summed E-state index contributed by atoms with van der Waals surface area (Å²) in [4.78, 5) is 22.1. The monoisotopic (exact) mass is 417 g/mol. The lowest BCUT2D eigenvalue weighted by atomic mass is 9.87. The molecule has 0 aromatic carbocycles. The van der Waals surface area contributed by atoms with E-state index in [4.69, 9.17) is 0 Å². The molecule has 9 heteroatoms. The summed E-state index contributed by atoms with van der Waals surface area (Å²) in [5, 5.41) is 0.0878. The van der Waals surface area contributed by atoms with E-state index in [1.807, 2.05) is 29.5 Å². The van der Waals surface area contributed by atoms with Gasteiger partial charge in [0.15, 0.2) is 5.03 Å². The van der Waals surface area contributed by atoms with E-state index in [0.717, 1.165) is 37.1 Å². The third kappa shape index (κ3) is 3.41. The van der Waals surface area contributed by atoms with E-state index in [2.05, 4.69) is 9.97 Å². The van der Waals surface area contributed by atoms with E-state index in [-0.39, 0.29) is 10.9 Å². The third-order valence-corrected chi connectivity index (χ3v) is 7.82. The maximum atomic E-state index is 13.3. The molecule has 2 aromatic heterocycles. The molecule has 2 aromatic rings. The Kier molecular flexibility index (Phi) is 5.10. The molecule has 156 valence electrons. The number of rotatable bonds is 4. The average molecular weight is 418 g/mol. The zero-order valence-corrected chi connectivity index (χ0v) is 17.9. The van der Waals surface area contributed by atoms with Crippen LogP contribution in [0.5, 0.6) is 0 Å². The number of anilines is 1. The van der Waals surface area contributed by atoms with Crippen molar-refractivity contribution in [3.05, 3.63) is 35.5 Å². The average Bonchev–Trinajstić information content (AvgIpc) is 3.32. The highest BCUT2D eigenvalue weighted by Gasteiger charge is 2.36. The number of carbonyl (C=O) groups excluding carboxylic acids is 1. The van der Waals surface area contributed by atoms with Gasteiger partial charge in [-0.15, -0.1) is 0 Å². The van der Waals surface area contributed by atoms with Gasteiger partial charge >= 0.3 is 0 Å². The van der Waals surface area contributed by atoms with Gasteiger partial charge in [-0.1, -0.05) is 0 Å². The largest absolute Gasteiger partial charge is 0.343 e. The summed E-state index contributed by atoms with van der Waals surface area (Å²) in [5.41, 5.74) is 2.86. The predicted molar refractivity (Wildman–Crippen MR) is 109 cm³/mol. The van der Waals surface area contributed by atoms with Gasteiger partial charge in [-0.3, -0.25) is 14.1 Å². The highest BCUT2D eigenvalue weighted by Crippen LogP contribution is 2.39. The van der Waals surface area contributed by atoms with Crippen molar-refractivity contribution in [3.63, 3.8) is 0 Å². The summed E-state index contributed by atoms with van der Waals surface area (Å²) >= 11 is 0. The second kappa shape index (κ2) is 7.44. The summed E-state index contributed by atoms with van der Waals surface area (Å²) < 4.78 is 29.8. The van der Waals surface area contributed by atoms with Gasteiger partial charge in [0.05, 0.1) is 11.9 Å². The van der Waals surface area contributed by atoms with E-state index in [0.29, 0.717) is 36.9 Å². The van der Waals surface area contributed by atoms with Gasteiger partial charge in [-0.2, -0.15) is 8.42 Å². The van der Waals surface area contributed by atoms with Crippen LogP contribution in [0.1, 0.15) is 49.6 Å². The van der Waals surface area contributed by atoms with Crippen molar-refractivity contribution in [3.8, 4) is 0 Å². The van der Waals surface area contributed by atoms with E-state index >= 15 is 0 Å². The first-order valence-electron chi connectivity index (χ1n) is 10.1. The molecule has 1 fully saturated rings. The second-order valence-electron chi connectivity index (χ2n) is 7.75. The lowest BCUT2D eigenvalue weighted by Gasteiger charge is -2.32. The van der Waals surface area contributed by atoms with Crippen LogP contribution in [0.4, 0.5) is 5.69 Å². The molecule has 0 N–H and O–H groups in total. The lowest BCUT2D eigenvalue weighted by molar-refractivity contribution is -0.129. The third-order valence-electron chi connectivity index (χ3n) is 6.13. The van der Waals surface area contributed by atoms with Crippen LogP contribution in [0.25, 0.3) is 0 Å². The van der Waals surface area contributed by atoms with E-state index in [9.17, 15) is 13.2 Å². The number of nitrogens with zero attached hydrogens (tertiary/aromatic N) is 5.